The standard InChI is InChI=1S/C11H12N2O2S/c1-7-8(4-5-10(14)15)11(13-12-7)9-3-2-6-16-9/h2-3,6H,4-5H2,1H3,(H,12,13)(H,14,15). The third-order valence-corrected chi connectivity index (χ3v) is 3.29. The average molecular weight is 236 g/mol. The Morgan fingerprint density at radius 1 is 1.62 bits per heavy atom. The molecule has 2 aromatic heterocycles. The number of carboxylic acids is 1. The second-order valence-corrected chi connectivity index (χ2v) is 4.49. The first kappa shape index (κ1) is 10.9. The zero-order valence-electron chi connectivity index (χ0n) is 8.86. The molecule has 16 heavy (non-hydrogen) atoms. The Balaban J connectivity index is 2.29. The summed E-state index contributed by atoms with van der Waals surface area (Å²) >= 11 is 1.61. The van der Waals surface area contributed by atoms with Crippen LogP contribution < -0.4 is 0 Å². The van der Waals surface area contributed by atoms with Crippen molar-refractivity contribution in [2.75, 3.05) is 0 Å². The van der Waals surface area contributed by atoms with Crippen molar-refractivity contribution in [1.82, 2.24) is 10.2 Å². The average Bonchev–Trinajstić information content (AvgIpc) is 2.83. The number of hydrogen-bond acceptors (Lipinski definition) is 3. The van der Waals surface area contributed by atoms with Crippen molar-refractivity contribution < 1.29 is 9.90 Å². The molecule has 84 valence electrons. The van der Waals surface area contributed by atoms with Crippen LogP contribution in [0.4, 0.5) is 0 Å². The summed E-state index contributed by atoms with van der Waals surface area (Å²) in [5.74, 6) is -0.780. The lowest BCUT2D eigenvalue weighted by Gasteiger charge is -1.99. The molecule has 0 unspecified atom stereocenters. The first-order valence-electron chi connectivity index (χ1n) is 4.98. The van der Waals surface area contributed by atoms with Gasteiger partial charge in [-0.1, -0.05) is 6.07 Å². The van der Waals surface area contributed by atoms with E-state index in [1.807, 2.05) is 24.4 Å². The number of hydrogen-bond donors (Lipinski definition) is 2. The molecule has 2 heterocycles. The number of carboxylic acid groups (broad SMARTS) is 1. The molecule has 0 atom stereocenters. The van der Waals surface area contributed by atoms with Gasteiger partial charge in [-0.2, -0.15) is 5.10 Å². The Kier molecular flexibility index (Phi) is 3.05. The van der Waals surface area contributed by atoms with E-state index in [2.05, 4.69) is 10.2 Å². The molecule has 0 aromatic carbocycles. The molecule has 5 heteroatoms. The van der Waals surface area contributed by atoms with Crippen molar-refractivity contribution in [2.45, 2.75) is 19.8 Å². The van der Waals surface area contributed by atoms with Gasteiger partial charge in [-0.25, -0.2) is 0 Å². The molecule has 0 aliphatic rings. The number of carbonyl (C=O) groups is 1. The normalized spacial score (nSPS) is 10.6. The van der Waals surface area contributed by atoms with Crippen molar-refractivity contribution in [3.05, 3.63) is 28.8 Å². The summed E-state index contributed by atoms with van der Waals surface area (Å²) in [6.07, 6.45) is 0.656. The Hall–Kier alpha value is -1.62. The number of aliphatic carboxylic acids is 1. The van der Waals surface area contributed by atoms with Gasteiger partial charge in [0.05, 0.1) is 4.88 Å². The SMILES string of the molecule is Cc1[nH]nc(-c2cccs2)c1CCC(=O)O. The lowest BCUT2D eigenvalue weighted by atomic mass is 10.1. The van der Waals surface area contributed by atoms with Gasteiger partial charge in [0.15, 0.2) is 0 Å². The van der Waals surface area contributed by atoms with E-state index in [0.29, 0.717) is 6.42 Å². The summed E-state index contributed by atoms with van der Waals surface area (Å²) in [6.45, 7) is 1.92. The van der Waals surface area contributed by atoms with E-state index in [-0.39, 0.29) is 6.42 Å². The second kappa shape index (κ2) is 4.49. The maximum atomic E-state index is 10.6. The van der Waals surface area contributed by atoms with E-state index in [0.717, 1.165) is 21.8 Å². The molecule has 0 bridgehead atoms. The van der Waals surface area contributed by atoms with Crippen LogP contribution in [0.1, 0.15) is 17.7 Å². The van der Waals surface area contributed by atoms with Gasteiger partial charge in [0.1, 0.15) is 5.69 Å². The van der Waals surface area contributed by atoms with E-state index in [1.54, 1.807) is 11.3 Å². The van der Waals surface area contributed by atoms with Crippen molar-refractivity contribution in [2.24, 2.45) is 0 Å². The van der Waals surface area contributed by atoms with Crippen LogP contribution in [0.5, 0.6) is 0 Å². The van der Waals surface area contributed by atoms with Gasteiger partial charge in [-0.3, -0.25) is 9.89 Å². The summed E-state index contributed by atoms with van der Waals surface area (Å²) in [5.41, 5.74) is 2.84. The molecular formula is C11H12N2O2S. The number of H-pyrrole nitrogens is 1. The van der Waals surface area contributed by atoms with Crippen LogP contribution in [-0.2, 0) is 11.2 Å². The Morgan fingerprint density at radius 2 is 2.44 bits per heavy atom. The fourth-order valence-corrected chi connectivity index (χ4v) is 2.35. The number of aryl methyl sites for hydroxylation is 1. The molecular weight excluding hydrogens is 224 g/mol. The second-order valence-electron chi connectivity index (χ2n) is 3.55. The van der Waals surface area contributed by atoms with Gasteiger partial charge in [0.2, 0.25) is 0 Å². The molecule has 0 fully saturated rings. The topological polar surface area (TPSA) is 66.0 Å². The van der Waals surface area contributed by atoms with Crippen LogP contribution in [0, 0.1) is 6.92 Å². The lowest BCUT2D eigenvalue weighted by Crippen LogP contribution is -1.98. The summed E-state index contributed by atoms with van der Waals surface area (Å²) < 4.78 is 0. The van der Waals surface area contributed by atoms with Crippen LogP contribution in [0.3, 0.4) is 0 Å². The number of aromatic amines is 1. The van der Waals surface area contributed by atoms with Crippen LogP contribution >= 0.6 is 11.3 Å². The summed E-state index contributed by atoms with van der Waals surface area (Å²) in [7, 11) is 0. The quantitative estimate of drug-likeness (QED) is 0.857. The predicted molar refractivity (Wildman–Crippen MR) is 62.6 cm³/mol. The fraction of sp³-hybridized carbons (Fsp3) is 0.273. The van der Waals surface area contributed by atoms with Crippen LogP contribution in [-0.4, -0.2) is 21.3 Å². The molecule has 0 amide bonds. The molecule has 2 rings (SSSR count). The molecule has 2 aromatic rings. The highest BCUT2D eigenvalue weighted by Crippen LogP contribution is 2.28. The first-order valence-corrected chi connectivity index (χ1v) is 5.86. The zero-order valence-corrected chi connectivity index (χ0v) is 9.67. The van der Waals surface area contributed by atoms with Crippen LogP contribution in [0.2, 0.25) is 0 Å². The third-order valence-electron chi connectivity index (χ3n) is 2.42. The van der Waals surface area contributed by atoms with Crippen molar-refractivity contribution in [3.8, 4) is 10.6 Å². The first-order chi connectivity index (χ1) is 7.68. The lowest BCUT2D eigenvalue weighted by molar-refractivity contribution is -0.136. The molecule has 0 spiro atoms. The van der Waals surface area contributed by atoms with Crippen molar-refractivity contribution >= 4 is 17.3 Å². The monoisotopic (exact) mass is 236 g/mol. The predicted octanol–water partition coefficient (Wildman–Crippen LogP) is 2.46. The van der Waals surface area contributed by atoms with Gasteiger partial charge in [-0.05, 0) is 24.8 Å². The molecule has 0 aliphatic heterocycles. The fourth-order valence-electron chi connectivity index (χ4n) is 1.61. The van der Waals surface area contributed by atoms with Crippen LogP contribution in [0.15, 0.2) is 17.5 Å². The molecule has 0 aliphatic carbocycles. The molecule has 2 N–H and O–H groups in total. The number of nitrogens with one attached hydrogen (secondary N) is 1. The van der Waals surface area contributed by atoms with E-state index < -0.39 is 5.97 Å². The molecule has 0 saturated carbocycles. The minimum absolute atomic E-state index is 0.138. The Morgan fingerprint density at radius 3 is 3.06 bits per heavy atom. The highest BCUT2D eigenvalue weighted by Gasteiger charge is 2.13. The zero-order chi connectivity index (χ0) is 11.5. The number of rotatable bonds is 4. The van der Waals surface area contributed by atoms with E-state index in [9.17, 15) is 4.79 Å². The van der Waals surface area contributed by atoms with Gasteiger partial charge in [0, 0.05) is 17.7 Å². The number of nitrogens with zero attached hydrogens (tertiary/aromatic N) is 1. The highest BCUT2D eigenvalue weighted by atomic mass is 32.1. The van der Waals surface area contributed by atoms with E-state index in [4.69, 9.17) is 5.11 Å². The van der Waals surface area contributed by atoms with Crippen molar-refractivity contribution in [1.29, 1.82) is 0 Å². The third kappa shape index (κ3) is 2.14. The summed E-state index contributed by atoms with van der Waals surface area (Å²) in [5, 5.41) is 17.8. The van der Waals surface area contributed by atoms with E-state index >= 15 is 0 Å². The number of thiophene rings is 1. The summed E-state index contributed by atoms with van der Waals surface area (Å²) in [6, 6.07) is 3.95. The van der Waals surface area contributed by atoms with Crippen molar-refractivity contribution in [3.63, 3.8) is 0 Å². The maximum absolute atomic E-state index is 10.6. The minimum Gasteiger partial charge on any atom is -0.481 e. The van der Waals surface area contributed by atoms with Gasteiger partial charge in [0.25, 0.3) is 0 Å². The highest BCUT2D eigenvalue weighted by molar-refractivity contribution is 7.13. The van der Waals surface area contributed by atoms with Crippen LogP contribution in [0.25, 0.3) is 10.6 Å². The molecule has 0 radical (unpaired) electrons. The van der Waals surface area contributed by atoms with Gasteiger partial charge >= 0.3 is 5.97 Å². The number of aromatic nitrogens is 2. The van der Waals surface area contributed by atoms with Gasteiger partial charge < -0.3 is 5.11 Å². The molecule has 0 saturated heterocycles. The Bertz CT molecular complexity index is 488. The van der Waals surface area contributed by atoms with E-state index in [1.165, 1.54) is 0 Å². The molecule has 4 nitrogen and oxygen atoms in total. The minimum atomic E-state index is -0.780. The Labute approximate surface area is 96.9 Å². The smallest absolute Gasteiger partial charge is 0.303 e. The largest absolute Gasteiger partial charge is 0.481 e. The summed E-state index contributed by atoms with van der Waals surface area (Å²) in [4.78, 5) is 11.6. The maximum Gasteiger partial charge on any atom is 0.303 e. The van der Waals surface area contributed by atoms with Gasteiger partial charge in [-0.15, -0.1) is 11.3 Å².